The summed E-state index contributed by atoms with van der Waals surface area (Å²) >= 11 is 0. The van der Waals surface area contributed by atoms with Gasteiger partial charge in [-0.05, 0) is 13.0 Å². The molecule has 2 rings (SSSR count). The number of nitrogens with one attached hydrogen (secondary N) is 1. The van der Waals surface area contributed by atoms with Crippen molar-refractivity contribution >= 4 is 5.82 Å². The Bertz CT molecular complexity index is 517. The van der Waals surface area contributed by atoms with E-state index in [4.69, 9.17) is 4.74 Å². The molecule has 2 N–H and O–H groups in total. The SMILES string of the molecule is CCNc1cc(Oc2ccccc2CO)ncn1. The molecular formula is C13H15N3O2. The lowest BCUT2D eigenvalue weighted by Crippen LogP contribution is -2.00. The van der Waals surface area contributed by atoms with Crippen molar-refractivity contribution in [1.82, 2.24) is 9.97 Å². The van der Waals surface area contributed by atoms with Crippen LogP contribution in [0.15, 0.2) is 36.7 Å². The molecule has 5 nitrogen and oxygen atoms in total. The summed E-state index contributed by atoms with van der Waals surface area (Å²) in [6.07, 6.45) is 1.44. The number of hydrogen-bond donors (Lipinski definition) is 2. The van der Waals surface area contributed by atoms with Gasteiger partial charge < -0.3 is 15.2 Å². The van der Waals surface area contributed by atoms with Crippen LogP contribution in [-0.4, -0.2) is 21.6 Å². The van der Waals surface area contributed by atoms with Gasteiger partial charge in [0.25, 0.3) is 0 Å². The maximum atomic E-state index is 9.21. The van der Waals surface area contributed by atoms with Crippen LogP contribution in [0.25, 0.3) is 0 Å². The first-order chi connectivity index (χ1) is 8.83. The zero-order chi connectivity index (χ0) is 12.8. The Morgan fingerprint density at radius 1 is 1.28 bits per heavy atom. The highest BCUT2D eigenvalue weighted by Crippen LogP contribution is 2.24. The molecule has 18 heavy (non-hydrogen) atoms. The van der Waals surface area contributed by atoms with Crippen LogP contribution in [0, 0.1) is 0 Å². The van der Waals surface area contributed by atoms with Crippen LogP contribution in [0.3, 0.4) is 0 Å². The summed E-state index contributed by atoms with van der Waals surface area (Å²) in [6.45, 7) is 2.70. The number of rotatable bonds is 5. The number of benzene rings is 1. The van der Waals surface area contributed by atoms with Gasteiger partial charge in [-0.2, -0.15) is 0 Å². The predicted molar refractivity (Wildman–Crippen MR) is 68.6 cm³/mol. The number of ether oxygens (including phenoxy) is 1. The van der Waals surface area contributed by atoms with E-state index < -0.39 is 0 Å². The van der Waals surface area contributed by atoms with Crippen LogP contribution in [0.2, 0.25) is 0 Å². The molecule has 0 atom stereocenters. The Kier molecular flexibility index (Phi) is 4.09. The van der Waals surface area contributed by atoms with Crippen molar-refractivity contribution in [3.05, 3.63) is 42.2 Å². The lowest BCUT2D eigenvalue weighted by molar-refractivity contribution is 0.276. The van der Waals surface area contributed by atoms with Crippen molar-refractivity contribution in [2.75, 3.05) is 11.9 Å². The van der Waals surface area contributed by atoms with E-state index in [1.807, 2.05) is 25.1 Å². The zero-order valence-corrected chi connectivity index (χ0v) is 10.1. The first-order valence-corrected chi connectivity index (χ1v) is 5.76. The van der Waals surface area contributed by atoms with Gasteiger partial charge in [0, 0.05) is 18.2 Å². The van der Waals surface area contributed by atoms with Gasteiger partial charge in [0.1, 0.15) is 17.9 Å². The Hall–Kier alpha value is -2.14. The number of aromatic nitrogens is 2. The maximum Gasteiger partial charge on any atom is 0.224 e. The normalized spacial score (nSPS) is 10.1. The second-order valence-electron chi connectivity index (χ2n) is 3.64. The van der Waals surface area contributed by atoms with Crippen molar-refractivity contribution in [3.63, 3.8) is 0 Å². The standard InChI is InChI=1S/C13H15N3O2/c1-2-14-12-7-13(16-9-15-12)18-11-6-4-3-5-10(11)8-17/h3-7,9,17H,2,8H2,1H3,(H,14,15,16). The van der Waals surface area contributed by atoms with Crippen molar-refractivity contribution in [2.24, 2.45) is 0 Å². The molecule has 0 amide bonds. The van der Waals surface area contributed by atoms with Crippen molar-refractivity contribution in [1.29, 1.82) is 0 Å². The van der Waals surface area contributed by atoms with Crippen LogP contribution < -0.4 is 10.1 Å². The first-order valence-electron chi connectivity index (χ1n) is 5.76. The summed E-state index contributed by atoms with van der Waals surface area (Å²) in [5, 5.41) is 12.3. The summed E-state index contributed by atoms with van der Waals surface area (Å²) < 4.78 is 5.64. The zero-order valence-electron chi connectivity index (χ0n) is 10.1. The van der Waals surface area contributed by atoms with Gasteiger partial charge in [-0.1, -0.05) is 18.2 Å². The molecule has 0 aliphatic rings. The van der Waals surface area contributed by atoms with E-state index in [9.17, 15) is 5.11 Å². The lowest BCUT2D eigenvalue weighted by atomic mass is 10.2. The smallest absolute Gasteiger partial charge is 0.224 e. The van der Waals surface area contributed by atoms with Crippen LogP contribution in [0.4, 0.5) is 5.82 Å². The number of hydrogen-bond acceptors (Lipinski definition) is 5. The van der Waals surface area contributed by atoms with E-state index >= 15 is 0 Å². The molecule has 0 fully saturated rings. The molecule has 94 valence electrons. The molecule has 0 radical (unpaired) electrons. The fourth-order valence-corrected chi connectivity index (χ4v) is 1.52. The van der Waals surface area contributed by atoms with Crippen molar-refractivity contribution in [3.8, 4) is 11.6 Å². The second-order valence-corrected chi connectivity index (χ2v) is 3.64. The minimum Gasteiger partial charge on any atom is -0.438 e. The topological polar surface area (TPSA) is 67.3 Å². The molecule has 1 heterocycles. The fourth-order valence-electron chi connectivity index (χ4n) is 1.52. The number of aliphatic hydroxyl groups is 1. The minimum absolute atomic E-state index is 0.0681. The minimum atomic E-state index is -0.0681. The van der Waals surface area contributed by atoms with Gasteiger partial charge in [-0.15, -0.1) is 0 Å². The molecular weight excluding hydrogens is 230 g/mol. The quantitative estimate of drug-likeness (QED) is 0.845. The van der Waals surface area contributed by atoms with Crippen molar-refractivity contribution < 1.29 is 9.84 Å². The summed E-state index contributed by atoms with van der Waals surface area (Å²) in [4.78, 5) is 8.10. The fraction of sp³-hybridized carbons (Fsp3) is 0.231. The first kappa shape index (κ1) is 12.3. The van der Waals surface area contributed by atoms with Crippen LogP contribution in [0.5, 0.6) is 11.6 Å². The van der Waals surface area contributed by atoms with Gasteiger partial charge in [0.2, 0.25) is 5.88 Å². The number of nitrogens with zero attached hydrogens (tertiary/aromatic N) is 2. The molecule has 0 unspecified atom stereocenters. The van der Waals surface area contributed by atoms with E-state index in [2.05, 4.69) is 15.3 Å². The summed E-state index contributed by atoms with van der Waals surface area (Å²) in [7, 11) is 0. The summed E-state index contributed by atoms with van der Waals surface area (Å²) in [6, 6.07) is 9.02. The number of para-hydroxylation sites is 1. The molecule has 2 aromatic rings. The van der Waals surface area contributed by atoms with Gasteiger partial charge in [0.15, 0.2) is 0 Å². The van der Waals surface area contributed by atoms with Gasteiger partial charge in [-0.25, -0.2) is 9.97 Å². The average Bonchev–Trinajstić information content (AvgIpc) is 2.40. The third-order valence-electron chi connectivity index (χ3n) is 2.36. The molecule has 0 spiro atoms. The molecule has 1 aromatic heterocycles. The number of aliphatic hydroxyl groups excluding tert-OH is 1. The maximum absolute atomic E-state index is 9.21. The molecule has 0 bridgehead atoms. The Balaban J connectivity index is 2.20. The Morgan fingerprint density at radius 2 is 2.11 bits per heavy atom. The molecule has 0 saturated heterocycles. The molecule has 0 saturated carbocycles. The predicted octanol–water partition coefficient (Wildman–Crippen LogP) is 2.19. The van der Waals surface area contributed by atoms with E-state index in [1.165, 1.54) is 6.33 Å². The molecule has 1 aromatic carbocycles. The van der Waals surface area contributed by atoms with E-state index in [0.717, 1.165) is 12.1 Å². The summed E-state index contributed by atoms with van der Waals surface area (Å²) in [5.41, 5.74) is 0.723. The van der Waals surface area contributed by atoms with Crippen LogP contribution in [0.1, 0.15) is 12.5 Å². The van der Waals surface area contributed by atoms with E-state index in [0.29, 0.717) is 17.4 Å². The third kappa shape index (κ3) is 2.95. The number of anilines is 1. The highest BCUT2D eigenvalue weighted by atomic mass is 16.5. The third-order valence-corrected chi connectivity index (χ3v) is 2.36. The molecule has 5 heteroatoms. The van der Waals surface area contributed by atoms with Gasteiger partial charge in [-0.3, -0.25) is 0 Å². The monoisotopic (exact) mass is 245 g/mol. The van der Waals surface area contributed by atoms with Gasteiger partial charge >= 0.3 is 0 Å². The van der Waals surface area contributed by atoms with Gasteiger partial charge in [0.05, 0.1) is 6.61 Å². The second kappa shape index (κ2) is 5.97. The van der Waals surface area contributed by atoms with Crippen molar-refractivity contribution in [2.45, 2.75) is 13.5 Å². The average molecular weight is 245 g/mol. The van der Waals surface area contributed by atoms with Crippen LogP contribution in [-0.2, 0) is 6.61 Å². The van der Waals surface area contributed by atoms with E-state index in [1.54, 1.807) is 12.1 Å². The largest absolute Gasteiger partial charge is 0.438 e. The summed E-state index contributed by atoms with van der Waals surface area (Å²) in [5.74, 6) is 1.76. The van der Waals surface area contributed by atoms with Crippen LogP contribution >= 0.6 is 0 Å². The lowest BCUT2D eigenvalue weighted by Gasteiger charge is -2.09. The Morgan fingerprint density at radius 3 is 2.89 bits per heavy atom. The van der Waals surface area contributed by atoms with E-state index in [-0.39, 0.29) is 6.61 Å². The molecule has 0 aliphatic carbocycles. The highest BCUT2D eigenvalue weighted by Gasteiger charge is 2.05. The molecule has 0 aliphatic heterocycles. The highest BCUT2D eigenvalue weighted by molar-refractivity contribution is 5.40. The Labute approximate surface area is 105 Å².